The molecule has 0 bridgehead atoms. The van der Waals surface area contributed by atoms with E-state index in [1.54, 1.807) is 18.2 Å². The van der Waals surface area contributed by atoms with E-state index in [0.717, 1.165) is 13.0 Å². The highest BCUT2D eigenvalue weighted by Crippen LogP contribution is 2.19. The van der Waals surface area contributed by atoms with Crippen LogP contribution in [0.15, 0.2) is 18.2 Å². The number of rotatable bonds is 5. The summed E-state index contributed by atoms with van der Waals surface area (Å²) in [4.78, 5) is 2.06. The summed E-state index contributed by atoms with van der Waals surface area (Å²) in [6.07, 6.45) is 1.37. The lowest BCUT2D eigenvalue weighted by molar-refractivity contribution is 0.378. The van der Waals surface area contributed by atoms with E-state index in [2.05, 4.69) is 4.90 Å². The molecule has 90 valence electrons. The molecule has 0 saturated heterocycles. The molecule has 0 saturated carbocycles. The van der Waals surface area contributed by atoms with Gasteiger partial charge in [-0.1, -0.05) is 23.7 Å². The zero-order chi connectivity index (χ0) is 12.1. The largest absolute Gasteiger partial charge is 0.327 e. The first kappa shape index (κ1) is 13.4. The van der Waals surface area contributed by atoms with Crippen LogP contribution in [0.5, 0.6) is 0 Å². The van der Waals surface area contributed by atoms with E-state index in [9.17, 15) is 4.39 Å². The van der Waals surface area contributed by atoms with Crippen LogP contribution in [0.2, 0.25) is 5.02 Å². The van der Waals surface area contributed by atoms with Crippen molar-refractivity contribution in [1.82, 2.24) is 4.90 Å². The third-order valence-corrected chi connectivity index (χ3v) is 2.75. The lowest BCUT2D eigenvalue weighted by atomic mass is 10.0. The summed E-state index contributed by atoms with van der Waals surface area (Å²) in [6, 6.07) is 5.00. The topological polar surface area (TPSA) is 29.3 Å². The van der Waals surface area contributed by atoms with Crippen molar-refractivity contribution >= 4 is 11.6 Å². The van der Waals surface area contributed by atoms with Crippen LogP contribution in [-0.4, -0.2) is 31.6 Å². The molecule has 0 aliphatic carbocycles. The molecule has 2 N–H and O–H groups in total. The molecule has 0 aliphatic rings. The van der Waals surface area contributed by atoms with Gasteiger partial charge in [-0.3, -0.25) is 0 Å². The fourth-order valence-electron chi connectivity index (χ4n) is 1.51. The molecule has 0 heterocycles. The fraction of sp³-hybridized carbons (Fsp3) is 0.500. The van der Waals surface area contributed by atoms with Crippen LogP contribution in [0.4, 0.5) is 4.39 Å². The third kappa shape index (κ3) is 4.08. The van der Waals surface area contributed by atoms with E-state index in [-0.39, 0.29) is 16.9 Å². The maximum atomic E-state index is 13.6. The Morgan fingerprint density at radius 3 is 2.75 bits per heavy atom. The van der Waals surface area contributed by atoms with Crippen molar-refractivity contribution < 1.29 is 4.39 Å². The Balaban J connectivity index is 2.56. The summed E-state index contributed by atoms with van der Waals surface area (Å²) >= 11 is 5.70. The van der Waals surface area contributed by atoms with Crippen LogP contribution in [0.3, 0.4) is 0 Å². The number of nitrogens with zero attached hydrogens (tertiary/aromatic N) is 1. The number of halogens is 2. The van der Waals surface area contributed by atoms with Crippen molar-refractivity contribution in [3.8, 4) is 0 Å². The first-order chi connectivity index (χ1) is 7.50. The average Bonchev–Trinajstić information content (AvgIpc) is 2.22. The zero-order valence-electron chi connectivity index (χ0n) is 9.71. The van der Waals surface area contributed by atoms with Crippen LogP contribution < -0.4 is 5.73 Å². The van der Waals surface area contributed by atoms with Gasteiger partial charge < -0.3 is 10.6 Å². The molecule has 1 atom stereocenters. The van der Waals surface area contributed by atoms with E-state index in [1.807, 2.05) is 14.1 Å². The molecule has 0 fully saturated rings. The van der Waals surface area contributed by atoms with Gasteiger partial charge in [0.25, 0.3) is 0 Å². The minimum absolute atomic E-state index is 0.0321. The Bertz CT molecular complexity index is 342. The van der Waals surface area contributed by atoms with E-state index in [4.69, 9.17) is 17.3 Å². The summed E-state index contributed by atoms with van der Waals surface area (Å²) in [7, 11) is 3.99. The molecular formula is C12H18ClFN2. The van der Waals surface area contributed by atoms with Crippen LogP contribution in [-0.2, 0) is 6.42 Å². The minimum atomic E-state index is -0.343. The summed E-state index contributed by atoms with van der Waals surface area (Å²) in [5, 5.41) is 0.164. The van der Waals surface area contributed by atoms with Crippen molar-refractivity contribution in [1.29, 1.82) is 0 Å². The summed E-state index contributed by atoms with van der Waals surface area (Å²) < 4.78 is 13.6. The number of benzene rings is 1. The van der Waals surface area contributed by atoms with Crippen LogP contribution >= 0.6 is 11.6 Å². The monoisotopic (exact) mass is 244 g/mol. The molecule has 0 amide bonds. The molecule has 1 unspecified atom stereocenters. The van der Waals surface area contributed by atoms with Gasteiger partial charge in [0.2, 0.25) is 0 Å². The van der Waals surface area contributed by atoms with Crippen molar-refractivity contribution in [2.45, 2.75) is 18.9 Å². The molecule has 1 aromatic rings. The standard InChI is InChI=1S/C12H18ClFN2/c1-16(2)7-6-10(15)8-9-4-3-5-11(13)12(9)14/h3-5,10H,6-8,15H2,1-2H3. The minimum Gasteiger partial charge on any atom is -0.327 e. The van der Waals surface area contributed by atoms with Gasteiger partial charge in [0.15, 0.2) is 0 Å². The molecule has 0 radical (unpaired) electrons. The van der Waals surface area contributed by atoms with Gasteiger partial charge in [0.05, 0.1) is 5.02 Å². The summed E-state index contributed by atoms with van der Waals surface area (Å²) in [5.74, 6) is -0.343. The van der Waals surface area contributed by atoms with Crippen molar-refractivity contribution in [3.05, 3.63) is 34.6 Å². The predicted octanol–water partition coefficient (Wildman–Crippen LogP) is 2.30. The van der Waals surface area contributed by atoms with E-state index in [1.165, 1.54) is 0 Å². The van der Waals surface area contributed by atoms with Crippen molar-refractivity contribution in [3.63, 3.8) is 0 Å². The number of nitrogens with two attached hydrogens (primary N) is 1. The first-order valence-electron chi connectivity index (χ1n) is 5.34. The molecule has 4 heteroatoms. The highest BCUT2D eigenvalue weighted by Gasteiger charge is 2.10. The molecule has 1 aromatic carbocycles. The van der Waals surface area contributed by atoms with E-state index < -0.39 is 0 Å². The lowest BCUT2D eigenvalue weighted by Crippen LogP contribution is -2.28. The first-order valence-corrected chi connectivity index (χ1v) is 5.71. The summed E-state index contributed by atoms with van der Waals surface area (Å²) in [6.45, 7) is 0.906. The second-order valence-corrected chi connectivity index (χ2v) is 4.68. The van der Waals surface area contributed by atoms with Gasteiger partial charge in [0, 0.05) is 6.04 Å². The average molecular weight is 245 g/mol. The Kier molecular flexibility index (Phi) is 5.19. The second-order valence-electron chi connectivity index (χ2n) is 4.27. The van der Waals surface area contributed by atoms with E-state index >= 15 is 0 Å². The zero-order valence-corrected chi connectivity index (χ0v) is 10.5. The molecule has 1 rings (SSSR count). The number of hydrogen-bond acceptors (Lipinski definition) is 2. The Labute approximate surface area is 101 Å². The van der Waals surface area contributed by atoms with Gasteiger partial charge in [0.1, 0.15) is 5.82 Å². The predicted molar refractivity (Wildman–Crippen MR) is 66.3 cm³/mol. The van der Waals surface area contributed by atoms with Gasteiger partial charge in [-0.25, -0.2) is 4.39 Å². The molecule has 0 spiro atoms. The van der Waals surface area contributed by atoms with Crippen LogP contribution in [0.25, 0.3) is 0 Å². The Morgan fingerprint density at radius 1 is 1.44 bits per heavy atom. The Hall–Kier alpha value is -0.640. The lowest BCUT2D eigenvalue weighted by Gasteiger charge is -2.15. The van der Waals surface area contributed by atoms with Gasteiger partial charge >= 0.3 is 0 Å². The third-order valence-electron chi connectivity index (χ3n) is 2.46. The molecule has 16 heavy (non-hydrogen) atoms. The summed E-state index contributed by atoms with van der Waals surface area (Å²) in [5.41, 5.74) is 6.53. The fourth-order valence-corrected chi connectivity index (χ4v) is 1.71. The SMILES string of the molecule is CN(C)CCC(N)Cc1cccc(Cl)c1F. The van der Waals surface area contributed by atoms with Crippen molar-refractivity contribution in [2.24, 2.45) is 5.73 Å². The smallest absolute Gasteiger partial charge is 0.145 e. The van der Waals surface area contributed by atoms with Gasteiger partial charge in [-0.2, -0.15) is 0 Å². The van der Waals surface area contributed by atoms with Crippen LogP contribution in [0, 0.1) is 5.82 Å². The molecule has 2 nitrogen and oxygen atoms in total. The highest BCUT2D eigenvalue weighted by molar-refractivity contribution is 6.30. The van der Waals surface area contributed by atoms with E-state index in [0.29, 0.717) is 12.0 Å². The highest BCUT2D eigenvalue weighted by atomic mass is 35.5. The maximum Gasteiger partial charge on any atom is 0.145 e. The normalized spacial score (nSPS) is 13.1. The molecular weight excluding hydrogens is 227 g/mol. The van der Waals surface area contributed by atoms with Crippen LogP contribution in [0.1, 0.15) is 12.0 Å². The maximum absolute atomic E-state index is 13.6. The molecule has 0 aromatic heterocycles. The Morgan fingerprint density at radius 2 is 2.12 bits per heavy atom. The molecule has 0 aliphatic heterocycles. The van der Waals surface area contributed by atoms with Gasteiger partial charge in [-0.15, -0.1) is 0 Å². The number of hydrogen-bond donors (Lipinski definition) is 1. The quantitative estimate of drug-likeness (QED) is 0.861. The van der Waals surface area contributed by atoms with Crippen molar-refractivity contribution in [2.75, 3.05) is 20.6 Å². The second kappa shape index (κ2) is 6.18. The van der Waals surface area contributed by atoms with Gasteiger partial charge in [-0.05, 0) is 45.1 Å².